The van der Waals surface area contributed by atoms with Crippen LogP contribution >= 0.6 is 0 Å². The first-order valence-corrected chi connectivity index (χ1v) is 8.05. The van der Waals surface area contributed by atoms with Gasteiger partial charge in [-0.25, -0.2) is 0 Å². The highest BCUT2D eigenvalue weighted by atomic mass is 16.5. The van der Waals surface area contributed by atoms with Crippen LogP contribution in [-0.4, -0.2) is 22.1 Å². The van der Waals surface area contributed by atoms with Crippen molar-refractivity contribution in [1.29, 1.82) is 0 Å². The fraction of sp³-hybridized carbons (Fsp3) is 0.471. The standard InChI is InChI=1S/C17H22N4O2/c1-12(19-15(22)13-7-3-2-4-8-13)11-14-20-16(21-23-14)17(18)9-5-6-10-17/h2-4,7-8,12H,5-6,9-11,18H2,1H3,(H,19,22). The molecule has 1 fully saturated rings. The van der Waals surface area contributed by atoms with Crippen LogP contribution in [0.25, 0.3) is 0 Å². The van der Waals surface area contributed by atoms with Gasteiger partial charge in [0.25, 0.3) is 5.91 Å². The van der Waals surface area contributed by atoms with Crippen LogP contribution in [0.5, 0.6) is 0 Å². The summed E-state index contributed by atoms with van der Waals surface area (Å²) >= 11 is 0. The van der Waals surface area contributed by atoms with Crippen molar-refractivity contribution >= 4 is 5.91 Å². The number of hydrogen-bond donors (Lipinski definition) is 2. The van der Waals surface area contributed by atoms with Crippen LogP contribution in [-0.2, 0) is 12.0 Å². The molecule has 1 saturated carbocycles. The van der Waals surface area contributed by atoms with Crippen molar-refractivity contribution in [2.24, 2.45) is 5.73 Å². The number of nitrogens with one attached hydrogen (secondary N) is 1. The summed E-state index contributed by atoms with van der Waals surface area (Å²) in [6, 6.07) is 9.02. The second-order valence-electron chi connectivity index (χ2n) is 6.32. The molecule has 122 valence electrons. The van der Waals surface area contributed by atoms with Gasteiger partial charge in [-0.15, -0.1) is 0 Å². The van der Waals surface area contributed by atoms with Gasteiger partial charge in [0.2, 0.25) is 5.89 Å². The summed E-state index contributed by atoms with van der Waals surface area (Å²) in [7, 11) is 0. The molecule has 3 rings (SSSR count). The Bertz CT molecular complexity index is 662. The van der Waals surface area contributed by atoms with E-state index in [2.05, 4.69) is 15.5 Å². The zero-order valence-electron chi connectivity index (χ0n) is 13.3. The molecule has 1 aromatic carbocycles. The van der Waals surface area contributed by atoms with Crippen LogP contribution in [0.3, 0.4) is 0 Å². The summed E-state index contributed by atoms with van der Waals surface area (Å²) in [4.78, 5) is 16.5. The van der Waals surface area contributed by atoms with E-state index in [0.717, 1.165) is 25.7 Å². The smallest absolute Gasteiger partial charge is 0.251 e. The number of rotatable bonds is 5. The number of carbonyl (C=O) groups is 1. The highest BCUT2D eigenvalue weighted by molar-refractivity contribution is 5.94. The lowest BCUT2D eigenvalue weighted by molar-refractivity contribution is 0.0938. The third kappa shape index (κ3) is 3.59. The van der Waals surface area contributed by atoms with Gasteiger partial charge in [0.05, 0.1) is 5.54 Å². The Hall–Kier alpha value is -2.21. The van der Waals surface area contributed by atoms with Crippen LogP contribution in [0, 0.1) is 0 Å². The van der Waals surface area contributed by atoms with Gasteiger partial charge in [0.15, 0.2) is 5.82 Å². The number of nitrogens with two attached hydrogens (primary N) is 1. The summed E-state index contributed by atoms with van der Waals surface area (Å²) in [5.74, 6) is 0.994. The van der Waals surface area contributed by atoms with Crippen molar-refractivity contribution in [1.82, 2.24) is 15.5 Å². The van der Waals surface area contributed by atoms with Crippen LogP contribution in [0.2, 0.25) is 0 Å². The first-order chi connectivity index (χ1) is 11.1. The Kier molecular flexibility index (Phi) is 4.43. The Morgan fingerprint density at radius 3 is 2.74 bits per heavy atom. The summed E-state index contributed by atoms with van der Waals surface area (Å²) in [5, 5.41) is 6.97. The van der Waals surface area contributed by atoms with Gasteiger partial charge in [-0.05, 0) is 31.9 Å². The number of benzene rings is 1. The highest BCUT2D eigenvalue weighted by Gasteiger charge is 2.36. The SMILES string of the molecule is CC(Cc1nc(C2(N)CCCC2)no1)NC(=O)c1ccccc1. The van der Waals surface area contributed by atoms with Gasteiger partial charge < -0.3 is 15.6 Å². The Morgan fingerprint density at radius 1 is 1.35 bits per heavy atom. The van der Waals surface area contributed by atoms with Crippen LogP contribution in [0.4, 0.5) is 0 Å². The second-order valence-corrected chi connectivity index (χ2v) is 6.32. The molecule has 0 saturated heterocycles. The Morgan fingerprint density at radius 2 is 2.04 bits per heavy atom. The quantitative estimate of drug-likeness (QED) is 0.882. The monoisotopic (exact) mass is 314 g/mol. The molecule has 1 aromatic heterocycles. The lowest BCUT2D eigenvalue weighted by Crippen LogP contribution is -2.35. The van der Waals surface area contributed by atoms with Crippen molar-refractivity contribution in [3.63, 3.8) is 0 Å². The van der Waals surface area contributed by atoms with E-state index in [4.69, 9.17) is 10.3 Å². The number of aromatic nitrogens is 2. The van der Waals surface area contributed by atoms with E-state index in [9.17, 15) is 4.79 Å². The van der Waals surface area contributed by atoms with E-state index in [0.29, 0.717) is 23.7 Å². The summed E-state index contributed by atoms with van der Waals surface area (Å²) < 4.78 is 5.31. The maximum Gasteiger partial charge on any atom is 0.251 e. The van der Waals surface area contributed by atoms with Gasteiger partial charge in [-0.1, -0.05) is 36.2 Å². The number of amides is 1. The van der Waals surface area contributed by atoms with E-state index < -0.39 is 5.54 Å². The fourth-order valence-corrected chi connectivity index (χ4v) is 2.98. The largest absolute Gasteiger partial charge is 0.349 e. The molecule has 23 heavy (non-hydrogen) atoms. The topological polar surface area (TPSA) is 94.0 Å². The Labute approximate surface area is 135 Å². The van der Waals surface area contributed by atoms with E-state index in [-0.39, 0.29) is 11.9 Å². The van der Waals surface area contributed by atoms with Crippen molar-refractivity contribution < 1.29 is 9.32 Å². The molecule has 1 heterocycles. The molecule has 1 aliphatic rings. The predicted molar refractivity (Wildman–Crippen MR) is 85.7 cm³/mol. The van der Waals surface area contributed by atoms with Gasteiger partial charge >= 0.3 is 0 Å². The van der Waals surface area contributed by atoms with Crippen LogP contribution < -0.4 is 11.1 Å². The zero-order valence-corrected chi connectivity index (χ0v) is 13.3. The molecule has 2 aromatic rings. The zero-order chi connectivity index (χ0) is 16.3. The van der Waals surface area contributed by atoms with E-state index in [1.165, 1.54) is 0 Å². The van der Waals surface area contributed by atoms with Gasteiger partial charge in [0, 0.05) is 18.0 Å². The number of hydrogen-bond acceptors (Lipinski definition) is 5. The van der Waals surface area contributed by atoms with Crippen molar-refractivity contribution in [3.8, 4) is 0 Å². The van der Waals surface area contributed by atoms with Gasteiger partial charge in [-0.3, -0.25) is 4.79 Å². The summed E-state index contributed by atoms with van der Waals surface area (Å²) in [6.45, 7) is 1.92. The molecule has 6 nitrogen and oxygen atoms in total. The van der Waals surface area contributed by atoms with E-state index in [1.807, 2.05) is 25.1 Å². The average molecular weight is 314 g/mol. The molecule has 0 bridgehead atoms. The molecule has 0 spiro atoms. The average Bonchev–Trinajstić information content (AvgIpc) is 3.18. The summed E-state index contributed by atoms with van der Waals surface area (Å²) in [5.41, 5.74) is 6.52. The molecular weight excluding hydrogens is 292 g/mol. The number of carbonyl (C=O) groups excluding carboxylic acids is 1. The first-order valence-electron chi connectivity index (χ1n) is 8.05. The summed E-state index contributed by atoms with van der Waals surface area (Å²) in [6.07, 6.45) is 4.48. The van der Waals surface area contributed by atoms with Gasteiger partial charge in [0.1, 0.15) is 0 Å². The van der Waals surface area contributed by atoms with Gasteiger partial charge in [-0.2, -0.15) is 4.98 Å². The molecule has 1 amide bonds. The highest BCUT2D eigenvalue weighted by Crippen LogP contribution is 2.34. The van der Waals surface area contributed by atoms with E-state index in [1.54, 1.807) is 12.1 Å². The van der Waals surface area contributed by atoms with Crippen molar-refractivity contribution in [2.45, 2.75) is 50.6 Å². The predicted octanol–water partition coefficient (Wildman–Crippen LogP) is 2.16. The Balaban J connectivity index is 1.59. The van der Waals surface area contributed by atoms with Crippen molar-refractivity contribution in [3.05, 3.63) is 47.6 Å². The molecule has 0 aliphatic heterocycles. The normalized spacial score (nSPS) is 17.8. The second kappa shape index (κ2) is 6.50. The lowest BCUT2D eigenvalue weighted by atomic mass is 9.99. The van der Waals surface area contributed by atoms with Crippen LogP contribution in [0.1, 0.15) is 54.7 Å². The molecule has 3 N–H and O–H groups in total. The molecule has 0 radical (unpaired) electrons. The van der Waals surface area contributed by atoms with E-state index >= 15 is 0 Å². The third-order valence-corrected chi connectivity index (χ3v) is 4.30. The fourth-order valence-electron chi connectivity index (χ4n) is 2.98. The minimum atomic E-state index is -0.446. The molecule has 1 unspecified atom stereocenters. The van der Waals surface area contributed by atoms with Crippen molar-refractivity contribution in [2.75, 3.05) is 0 Å². The molecule has 1 aliphatic carbocycles. The van der Waals surface area contributed by atoms with Crippen LogP contribution in [0.15, 0.2) is 34.9 Å². The number of nitrogens with zero attached hydrogens (tertiary/aromatic N) is 2. The minimum Gasteiger partial charge on any atom is -0.349 e. The lowest BCUT2D eigenvalue weighted by Gasteiger charge is -2.17. The molecule has 6 heteroatoms. The third-order valence-electron chi connectivity index (χ3n) is 4.30. The minimum absolute atomic E-state index is 0.103. The first kappa shape index (κ1) is 15.7. The molecule has 1 atom stereocenters. The maximum absolute atomic E-state index is 12.1. The maximum atomic E-state index is 12.1. The molecular formula is C17H22N4O2.